The number of hydrogen-bond donors (Lipinski definition) is 0. The zero-order chi connectivity index (χ0) is 26.5. The van der Waals surface area contributed by atoms with Gasteiger partial charge >= 0.3 is 0 Å². The first kappa shape index (κ1) is 18.3. The van der Waals surface area contributed by atoms with Gasteiger partial charge in [-0.2, -0.15) is 0 Å². The van der Waals surface area contributed by atoms with Gasteiger partial charge in [0.15, 0.2) is 0 Å². The van der Waals surface area contributed by atoms with E-state index in [-0.39, 0.29) is 35.0 Å². The van der Waals surface area contributed by atoms with Crippen molar-refractivity contribution in [2.75, 3.05) is 0 Å². The van der Waals surface area contributed by atoms with Crippen LogP contribution < -0.4 is 0 Å². The molecular formula is C31H40. The fourth-order valence-electron chi connectivity index (χ4n) is 3.61. The highest BCUT2D eigenvalue weighted by atomic mass is 14.2. The fraction of sp³-hybridized carbons (Fsp3) is 0.419. The van der Waals surface area contributed by atoms with Crippen LogP contribution in [0.4, 0.5) is 0 Å². The number of hydrogen-bond acceptors (Lipinski definition) is 0. The van der Waals surface area contributed by atoms with Crippen molar-refractivity contribution in [3.8, 4) is 11.1 Å². The lowest BCUT2D eigenvalue weighted by molar-refractivity contribution is 0.590. The molecule has 0 spiro atoms. The van der Waals surface area contributed by atoms with Crippen molar-refractivity contribution in [1.82, 2.24) is 0 Å². The molecule has 0 saturated carbocycles. The van der Waals surface area contributed by atoms with Crippen LogP contribution in [0.15, 0.2) is 66.6 Å². The predicted octanol–water partition coefficient (Wildman–Crippen LogP) is 8.84. The molecule has 0 atom stereocenters. The normalized spacial score (nSPS) is 14.6. The predicted molar refractivity (Wildman–Crippen MR) is 137 cm³/mol. The Morgan fingerprint density at radius 3 is 1.55 bits per heavy atom. The molecule has 0 aliphatic carbocycles. The van der Waals surface area contributed by atoms with Gasteiger partial charge in [0.1, 0.15) is 0 Å². The van der Waals surface area contributed by atoms with Crippen LogP contribution in [0.3, 0.4) is 0 Å². The second-order valence-electron chi connectivity index (χ2n) is 11.7. The van der Waals surface area contributed by atoms with E-state index in [0.29, 0.717) is 17.5 Å². The van der Waals surface area contributed by atoms with E-state index >= 15 is 0 Å². The molecule has 0 N–H and O–H groups in total. The Morgan fingerprint density at radius 1 is 0.581 bits per heavy atom. The Balaban J connectivity index is 2.20. The molecule has 0 heterocycles. The third-order valence-corrected chi connectivity index (χ3v) is 5.83. The van der Waals surface area contributed by atoms with E-state index in [0.717, 1.165) is 16.7 Å². The van der Waals surface area contributed by atoms with Gasteiger partial charge in [0, 0.05) is 0 Å². The lowest BCUT2D eigenvalue weighted by Gasteiger charge is -2.23. The topological polar surface area (TPSA) is 0 Å². The van der Waals surface area contributed by atoms with Crippen LogP contribution in [0.1, 0.15) is 95.6 Å². The van der Waals surface area contributed by atoms with Crippen molar-refractivity contribution in [2.24, 2.45) is 0 Å². The summed E-state index contributed by atoms with van der Waals surface area (Å²) in [4.78, 5) is 0. The maximum atomic E-state index is 8.73. The molecule has 3 aromatic carbocycles. The maximum Gasteiger partial charge on any atom is 0.0626 e. The molecule has 3 rings (SSSR count). The van der Waals surface area contributed by atoms with E-state index in [2.05, 4.69) is 84.0 Å². The van der Waals surface area contributed by atoms with Crippen LogP contribution in [-0.4, -0.2) is 0 Å². The van der Waals surface area contributed by atoms with E-state index in [9.17, 15) is 0 Å². The summed E-state index contributed by atoms with van der Waals surface area (Å²) in [6.45, 7) is 19.0. The molecule has 0 unspecified atom stereocenters. The molecule has 3 aromatic rings. The Labute approximate surface area is 196 Å². The third kappa shape index (κ3) is 5.67. The summed E-state index contributed by atoms with van der Waals surface area (Å²) < 4.78 is 34.7. The van der Waals surface area contributed by atoms with E-state index in [4.69, 9.17) is 5.48 Å². The fourth-order valence-corrected chi connectivity index (χ4v) is 3.61. The van der Waals surface area contributed by atoms with Crippen LogP contribution in [0, 0.1) is 0 Å². The van der Waals surface area contributed by atoms with Gasteiger partial charge in [-0.15, -0.1) is 0 Å². The second kappa shape index (κ2) is 8.30. The summed E-state index contributed by atoms with van der Waals surface area (Å²) in [6, 6.07) is 15.4. The van der Waals surface area contributed by atoms with Crippen molar-refractivity contribution in [1.29, 1.82) is 0 Å². The van der Waals surface area contributed by atoms with Crippen LogP contribution in [-0.2, 0) is 22.7 Å². The molecule has 0 amide bonds. The number of benzene rings is 3. The van der Waals surface area contributed by atoms with Gasteiger partial charge in [0.05, 0.1) is 5.48 Å². The van der Waals surface area contributed by atoms with Crippen molar-refractivity contribution < 1.29 is 5.48 Å². The molecule has 0 saturated heterocycles. The third-order valence-electron chi connectivity index (χ3n) is 5.83. The van der Waals surface area contributed by atoms with E-state index in [1.807, 2.05) is 20.8 Å². The second-order valence-corrected chi connectivity index (χ2v) is 11.7. The average molecular weight is 417 g/mol. The van der Waals surface area contributed by atoms with E-state index < -0.39 is 5.41 Å². The molecule has 0 radical (unpaired) electrons. The van der Waals surface area contributed by atoms with Gasteiger partial charge in [-0.3, -0.25) is 0 Å². The smallest absolute Gasteiger partial charge is 0.0584 e. The molecule has 0 aliphatic heterocycles. The first-order valence-corrected chi connectivity index (χ1v) is 11.3. The maximum absolute atomic E-state index is 8.73. The van der Waals surface area contributed by atoms with E-state index in [1.165, 1.54) is 11.1 Å². The zero-order valence-corrected chi connectivity index (χ0v) is 20.7. The minimum atomic E-state index is -0.466. The largest absolute Gasteiger partial charge is 0.0626 e. The quantitative estimate of drug-likeness (QED) is 0.400. The molecule has 0 heteroatoms. The van der Waals surface area contributed by atoms with Crippen LogP contribution in [0.5, 0.6) is 0 Å². The van der Waals surface area contributed by atoms with Crippen molar-refractivity contribution in [2.45, 2.75) is 85.0 Å². The van der Waals surface area contributed by atoms with Gasteiger partial charge in [0.2, 0.25) is 0 Å². The summed E-state index contributed by atoms with van der Waals surface area (Å²) >= 11 is 0. The number of rotatable bonds is 3. The molecular weight excluding hydrogens is 372 g/mol. The Kier molecular flexibility index (Phi) is 4.89. The minimum absolute atomic E-state index is 0.0170. The first-order chi connectivity index (χ1) is 15.9. The Bertz CT molecular complexity index is 1200. The summed E-state index contributed by atoms with van der Waals surface area (Å²) in [7, 11) is 0. The summed E-state index contributed by atoms with van der Waals surface area (Å²) in [5, 5.41) is 0. The van der Waals surface area contributed by atoms with Gasteiger partial charge in [-0.1, -0.05) is 129 Å². The SMILES string of the molecule is [2H]c1c([2H])c(C(C)(C)C)c([2H])c([2H])c1Cc1ccc(C(C)(C)C)cc1-c1ccc(C(C)(C)C)cc1. The van der Waals surface area contributed by atoms with Crippen LogP contribution in [0.2, 0.25) is 0 Å². The summed E-state index contributed by atoms with van der Waals surface area (Å²) in [5.41, 5.74) is 6.18. The first-order valence-electron chi connectivity index (χ1n) is 13.3. The molecule has 0 aromatic heterocycles. The van der Waals surface area contributed by atoms with Gasteiger partial charge in [-0.05, 0) is 61.6 Å². The lowest BCUT2D eigenvalue weighted by Crippen LogP contribution is -2.12. The molecule has 0 aliphatic rings. The van der Waals surface area contributed by atoms with Gasteiger partial charge in [-0.25, -0.2) is 0 Å². The summed E-state index contributed by atoms with van der Waals surface area (Å²) in [6.07, 6.45) is 0.348. The molecule has 0 bridgehead atoms. The highest BCUT2D eigenvalue weighted by Gasteiger charge is 2.18. The van der Waals surface area contributed by atoms with Gasteiger partial charge < -0.3 is 0 Å². The molecule has 31 heavy (non-hydrogen) atoms. The molecule has 0 fully saturated rings. The van der Waals surface area contributed by atoms with Crippen LogP contribution >= 0.6 is 0 Å². The Morgan fingerprint density at radius 2 is 1.06 bits per heavy atom. The minimum Gasteiger partial charge on any atom is -0.0584 e. The lowest BCUT2D eigenvalue weighted by atomic mass is 9.82. The van der Waals surface area contributed by atoms with E-state index in [1.54, 1.807) is 0 Å². The van der Waals surface area contributed by atoms with Crippen molar-refractivity contribution in [3.63, 3.8) is 0 Å². The standard InChI is InChI=1S/C31H40/c1-29(2,3)25-15-10-22(11-16-25)20-24-14-19-27(31(7,8)9)21-28(24)23-12-17-26(18-13-23)30(4,5)6/h10-19,21H,20H2,1-9H3/i10D,11D,15D,16D. The van der Waals surface area contributed by atoms with Gasteiger partial charge in [0.25, 0.3) is 0 Å². The highest BCUT2D eigenvalue weighted by Crippen LogP contribution is 2.33. The zero-order valence-electron chi connectivity index (χ0n) is 24.7. The van der Waals surface area contributed by atoms with Crippen molar-refractivity contribution >= 4 is 0 Å². The summed E-state index contributed by atoms with van der Waals surface area (Å²) in [5.74, 6) is 0. The monoisotopic (exact) mass is 416 g/mol. The molecule has 164 valence electrons. The molecule has 0 nitrogen and oxygen atoms in total. The highest BCUT2D eigenvalue weighted by molar-refractivity contribution is 5.69. The average Bonchev–Trinajstić information content (AvgIpc) is 2.73. The van der Waals surface area contributed by atoms with Crippen molar-refractivity contribution in [3.05, 3.63) is 94.5 Å². The Hall–Kier alpha value is -2.34. The van der Waals surface area contributed by atoms with Crippen LogP contribution in [0.25, 0.3) is 11.1 Å².